The number of carboxylic acid groups (broad SMARTS) is 1. The van der Waals surface area contributed by atoms with Gasteiger partial charge in [-0.15, -0.1) is 12.4 Å². The fourth-order valence-corrected chi connectivity index (χ4v) is 4.47. The summed E-state index contributed by atoms with van der Waals surface area (Å²) in [6.07, 6.45) is 4.88. The average Bonchev–Trinajstić information content (AvgIpc) is 3.16. The number of nitrogens with one attached hydrogen (secondary N) is 1. The fourth-order valence-electron chi connectivity index (χ4n) is 4.47. The van der Waals surface area contributed by atoms with Gasteiger partial charge >= 0.3 is 5.97 Å². The number of hydrogen-bond donors (Lipinski definition) is 2. The molecule has 184 valence electrons. The summed E-state index contributed by atoms with van der Waals surface area (Å²) in [6, 6.07) is 8.05. The van der Waals surface area contributed by atoms with Gasteiger partial charge in [0.1, 0.15) is 5.82 Å². The Morgan fingerprint density at radius 1 is 1.32 bits per heavy atom. The van der Waals surface area contributed by atoms with Crippen molar-refractivity contribution in [1.29, 1.82) is 0 Å². The summed E-state index contributed by atoms with van der Waals surface area (Å²) < 4.78 is 12.8. The summed E-state index contributed by atoms with van der Waals surface area (Å²) in [5, 5.41) is 9.39. The molecule has 8 nitrogen and oxygen atoms in total. The number of methoxy groups -OCH3 is 1. The zero-order valence-electron chi connectivity index (χ0n) is 19.6. The third-order valence-corrected chi connectivity index (χ3v) is 6.44. The van der Waals surface area contributed by atoms with Crippen LogP contribution in [0.15, 0.2) is 35.3 Å². The van der Waals surface area contributed by atoms with Gasteiger partial charge in [-0.3, -0.25) is 9.59 Å². The van der Waals surface area contributed by atoms with Crippen LogP contribution >= 0.6 is 12.4 Å². The number of hydrogen-bond acceptors (Lipinski definition) is 5. The predicted octanol–water partition coefficient (Wildman–Crippen LogP) is 3.83. The van der Waals surface area contributed by atoms with Crippen molar-refractivity contribution < 1.29 is 19.4 Å². The highest BCUT2D eigenvalue weighted by Gasteiger charge is 2.21. The molecule has 1 aromatic carbocycles. The number of H-pyrrole nitrogens is 1. The lowest BCUT2D eigenvalue weighted by Crippen LogP contribution is -2.21. The number of aromatic amines is 1. The number of benzene rings is 1. The molecule has 0 radical (unpaired) electrons. The first-order chi connectivity index (χ1) is 16.0. The molecule has 0 amide bonds. The second-order valence-corrected chi connectivity index (χ2v) is 8.85. The first-order valence-corrected chi connectivity index (χ1v) is 11.4. The van der Waals surface area contributed by atoms with E-state index in [1.54, 1.807) is 13.1 Å². The number of rotatable bonds is 9. The molecule has 0 bridgehead atoms. The van der Waals surface area contributed by atoms with Gasteiger partial charge in [-0.2, -0.15) is 0 Å². The van der Waals surface area contributed by atoms with Crippen LogP contribution in [0.25, 0.3) is 22.4 Å². The van der Waals surface area contributed by atoms with Gasteiger partial charge in [0, 0.05) is 44.2 Å². The number of pyridine rings is 1. The average molecular weight is 490 g/mol. The minimum Gasteiger partial charge on any atom is -0.481 e. The highest BCUT2D eigenvalue weighted by atomic mass is 35.5. The fraction of sp³-hybridized carbons (Fsp3) is 0.480. The lowest BCUT2D eigenvalue weighted by molar-refractivity contribution is -0.143. The summed E-state index contributed by atoms with van der Waals surface area (Å²) in [5.41, 5.74) is 4.38. The molecule has 1 atom stereocenters. The van der Waals surface area contributed by atoms with Crippen molar-refractivity contribution in [2.24, 2.45) is 11.8 Å². The first kappa shape index (κ1) is 25.9. The molecule has 1 fully saturated rings. The van der Waals surface area contributed by atoms with Gasteiger partial charge in [0.05, 0.1) is 23.6 Å². The van der Waals surface area contributed by atoms with E-state index in [9.17, 15) is 14.7 Å². The van der Waals surface area contributed by atoms with Crippen LogP contribution in [0.5, 0.6) is 0 Å². The number of ether oxygens (including phenoxy) is 2. The predicted molar refractivity (Wildman–Crippen MR) is 133 cm³/mol. The van der Waals surface area contributed by atoms with Crippen LogP contribution in [0.2, 0.25) is 0 Å². The molecule has 2 N–H and O–H groups in total. The van der Waals surface area contributed by atoms with E-state index in [0.717, 1.165) is 60.6 Å². The van der Waals surface area contributed by atoms with Gasteiger partial charge in [0.25, 0.3) is 5.56 Å². The maximum atomic E-state index is 11.9. The zero-order chi connectivity index (χ0) is 23.4. The Kier molecular flexibility index (Phi) is 8.88. The Hall–Kier alpha value is -2.68. The Labute approximate surface area is 204 Å². The number of carboxylic acids is 1. The van der Waals surface area contributed by atoms with E-state index in [1.165, 1.54) is 7.11 Å². The lowest BCUT2D eigenvalue weighted by atomic mass is 9.99. The smallest absolute Gasteiger partial charge is 0.308 e. The molecule has 34 heavy (non-hydrogen) atoms. The van der Waals surface area contributed by atoms with E-state index < -0.39 is 11.9 Å². The number of halogens is 1. The van der Waals surface area contributed by atoms with Crippen LogP contribution < -0.4 is 5.56 Å². The van der Waals surface area contributed by atoms with E-state index in [-0.39, 0.29) is 24.6 Å². The third-order valence-electron chi connectivity index (χ3n) is 6.44. The first-order valence-electron chi connectivity index (χ1n) is 11.4. The van der Waals surface area contributed by atoms with E-state index in [4.69, 9.17) is 14.5 Å². The maximum Gasteiger partial charge on any atom is 0.308 e. The second kappa shape index (κ2) is 11.6. The molecule has 3 aromatic rings. The van der Waals surface area contributed by atoms with Crippen LogP contribution in [-0.4, -0.2) is 52.5 Å². The molecule has 3 heterocycles. The summed E-state index contributed by atoms with van der Waals surface area (Å²) in [4.78, 5) is 31.1. The van der Waals surface area contributed by atoms with Crippen molar-refractivity contribution in [3.05, 3.63) is 51.9 Å². The molecular formula is C25H32ClN3O5. The van der Waals surface area contributed by atoms with Crippen molar-refractivity contribution >= 4 is 29.4 Å². The van der Waals surface area contributed by atoms with Crippen LogP contribution in [-0.2, 0) is 27.2 Å². The Morgan fingerprint density at radius 3 is 2.76 bits per heavy atom. The zero-order valence-corrected chi connectivity index (χ0v) is 20.4. The van der Waals surface area contributed by atoms with Crippen molar-refractivity contribution in [2.75, 3.05) is 26.9 Å². The van der Waals surface area contributed by atoms with Crippen molar-refractivity contribution in [2.45, 2.75) is 39.2 Å². The number of aryl methyl sites for hydroxylation is 2. The monoisotopic (exact) mass is 489 g/mol. The van der Waals surface area contributed by atoms with E-state index in [2.05, 4.69) is 21.7 Å². The Morgan fingerprint density at radius 2 is 2.09 bits per heavy atom. The maximum absolute atomic E-state index is 11.9. The molecule has 0 saturated carbocycles. The highest BCUT2D eigenvalue weighted by Crippen LogP contribution is 2.29. The molecule has 0 aliphatic carbocycles. The summed E-state index contributed by atoms with van der Waals surface area (Å²) in [6.45, 7) is 4.39. The minimum absolute atomic E-state index is 0. The van der Waals surface area contributed by atoms with Gasteiger partial charge in [-0.1, -0.05) is 6.07 Å². The SMILES string of the molecule is COC[C@H](CCc1ccc2c(c1)nc(-c1c[nH]c(=O)c(C)c1)n2CC1CCOCC1)C(=O)O.Cl. The normalized spacial score (nSPS) is 15.2. The van der Waals surface area contributed by atoms with Crippen molar-refractivity contribution in [1.82, 2.24) is 14.5 Å². The molecule has 2 aromatic heterocycles. The van der Waals surface area contributed by atoms with Gasteiger partial charge < -0.3 is 24.1 Å². The van der Waals surface area contributed by atoms with Gasteiger partial charge in [-0.25, -0.2) is 4.98 Å². The largest absolute Gasteiger partial charge is 0.481 e. The van der Waals surface area contributed by atoms with E-state index in [0.29, 0.717) is 24.3 Å². The van der Waals surface area contributed by atoms with Crippen LogP contribution in [0.4, 0.5) is 0 Å². The third kappa shape index (κ3) is 5.87. The van der Waals surface area contributed by atoms with Crippen LogP contribution in [0.3, 0.4) is 0 Å². The summed E-state index contributed by atoms with van der Waals surface area (Å²) >= 11 is 0. The van der Waals surface area contributed by atoms with Crippen molar-refractivity contribution in [3.8, 4) is 11.4 Å². The molecule has 1 aliphatic rings. The quantitative estimate of drug-likeness (QED) is 0.473. The topological polar surface area (TPSA) is 106 Å². The van der Waals surface area contributed by atoms with E-state index >= 15 is 0 Å². The minimum atomic E-state index is -0.839. The standard InChI is InChI=1S/C25H31N3O5.ClH/c1-16-11-20(13-26-24(16)29)23-27-21-12-17(3-5-19(15-32-2)25(30)31)4-6-22(21)28(23)14-18-7-9-33-10-8-18;/h4,6,11-13,18-19H,3,5,7-10,14-15H2,1-2H3,(H,26,29)(H,30,31);1H/t19-;/m0./s1. The number of nitrogens with zero attached hydrogens (tertiary/aromatic N) is 2. The lowest BCUT2D eigenvalue weighted by Gasteiger charge is -2.23. The molecule has 9 heteroatoms. The summed E-state index contributed by atoms with van der Waals surface area (Å²) in [5.74, 6) is -0.0366. The van der Waals surface area contributed by atoms with Gasteiger partial charge in [-0.05, 0) is 62.3 Å². The molecule has 0 unspecified atom stereocenters. The molecular weight excluding hydrogens is 458 g/mol. The Bertz CT molecular complexity index is 1180. The van der Waals surface area contributed by atoms with Crippen LogP contribution in [0.1, 0.15) is 30.4 Å². The molecule has 4 rings (SSSR count). The van der Waals surface area contributed by atoms with Crippen LogP contribution in [0, 0.1) is 18.8 Å². The van der Waals surface area contributed by atoms with E-state index in [1.807, 2.05) is 12.1 Å². The Balaban J connectivity index is 0.00000324. The number of imidazole rings is 1. The van der Waals surface area contributed by atoms with Gasteiger partial charge in [0.15, 0.2) is 0 Å². The summed E-state index contributed by atoms with van der Waals surface area (Å²) in [7, 11) is 1.52. The molecule has 1 aliphatic heterocycles. The number of aromatic nitrogens is 3. The molecule has 1 saturated heterocycles. The van der Waals surface area contributed by atoms with Gasteiger partial charge in [0.2, 0.25) is 0 Å². The number of carbonyl (C=O) groups is 1. The second-order valence-electron chi connectivity index (χ2n) is 8.85. The molecule has 0 spiro atoms. The number of fused-ring (bicyclic) bond motifs is 1. The number of aliphatic carboxylic acids is 1. The van der Waals surface area contributed by atoms with Crippen molar-refractivity contribution in [3.63, 3.8) is 0 Å². The highest BCUT2D eigenvalue weighted by molar-refractivity contribution is 5.85.